The third-order valence-corrected chi connectivity index (χ3v) is 6.04. The summed E-state index contributed by atoms with van der Waals surface area (Å²) >= 11 is 0. The van der Waals surface area contributed by atoms with E-state index in [1.54, 1.807) is 6.08 Å². The van der Waals surface area contributed by atoms with Gasteiger partial charge in [-0.05, 0) is 50.5 Å². The quantitative estimate of drug-likeness (QED) is 0.395. The number of para-hydroxylation sites is 1. The van der Waals surface area contributed by atoms with Crippen LogP contribution >= 0.6 is 0 Å². The third kappa shape index (κ3) is 3.83. The average Bonchev–Trinajstić information content (AvgIpc) is 3.03. The van der Waals surface area contributed by atoms with E-state index >= 15 is 0 Å². The molecule has 1 saturated heterocycles. The van der Waals surface area contributed by atoms with Gasteiger partial charge >= 0.3 is 0 Å². The largest absolute Gasteiger partial charge is 0.494 e. The van der Waals surface area contributed by atoms with Crippen molar-refractivity contribution in [3.63, 3.8) is 0 Å². The van der Waals surface area contributed by atoms with Crippen LogP contribution in [0, 0.1) is 0 Å². The summed E-state index contributed by atoms with van der Waals surface area (Å²) in [5.74, 6) is 2.54. The van der Waals surface area contributed by atoms with Gasteiger partial charge in [0, 0.05) is 31.6 Å². The fourth-order valence-electron chi connectivity index (χ4n) is 4.75. The normalized spacial score (nSPS) is 23.5. The lowest BCUT2D eigenvalue weighted by molar-refractivity contribution is 0.159. The predicted octanol–water partition coefficient (Wildman–Crippen LogP) is 4.50. The van der Waals surface area contributed by atoms with Crippen LogP contribution < -0.4 is 9.64 Å². The highest BCUT2D eigenvalue weighted by Crippen LogP contribution is 2.50. The van der Waals surface area contributed by atoms with Gasteiger partial charge in [-0.1, -0.05) is 30.4 Å². The Labute approximate surface area is 169 Å². The van der Waals surface area contributed by atoms with E-state index < -0.39 is 0 Å². The molecule has 0 bridgehead atoms. The summed E-state index contributed by atoms with van der Waals surface area (Å²) in [7, 11) is 0. The van der Waals surface area contributed by atoms with E-state index in [4.69, 9.17) is 9.47 Å². The number of ether oxygens (including phenoxy) is 2. The second kappa shape index (κ2) is 8.44. The molecule has 3 aliphatic heterocycles. The molecule has 0 saturated carbocycles. The van der Waals surface area contributed by atoms with Crippen molar-refractivity contribution in [2.24, 2.45) is 0 Å². The van der Waals surface area contributed by atoms with E-state index in [0.29, 0.717) is 12.0 Å². The van der Waals surface area contributed by atoms with E-state index in [2.05, 4.69) is 54.5 Å². The van der Waals surface area contributed by atoms with Crippen LogP contribution in [0.25, 0.3) is 0 Å². The van der Waals surface area contributed by atoms with Gasteiger partial charge in [0.1, 0.15) is 18.1 Å². The molecule has 150 valence electrons. The molecule has 4 nitrogen and oxygen atoms in total. The van der Waals surface area contributed by atoms with Crippen molar-refractivity contribution in [2.45, 2.75) is 38.6 Å². The van der Waals surface area contributed by atoms with Gasteiger partial charge < -0.3 is 19.3 Å². The number of rotatable bonds is 7. The molecule has 3 heterocycles. The molecule has 2 atom stereocenters. The summed E-state index contributed by atoms with van der Waals surface area (Å²) in [6.07, 6.45) is 8.12. The second-order valence-corrected chi connectivity index (χ2v) is 8.22. The lowest BCUT2D eigenvalue weighted by atomic mass is 9.89. The van der Waals surface area contributed by atoms with E-state index in [0.717, 1.165) is 50.8 Å². The summed E-state index contributed by atoms with van der Waals surface area (Å²) in [6.45, 7) is 14.0. The molecule has 0 radical (unpaired) electrons. The molecule has 0 amide bonds. The molecule has 0 aliphatic carbocycles. The Bertz CT molecular complexity index is 779. The molecule has 0 aromatic heterocycles. The molecule has 1 aromatic carbocycles. The standard InChI is InChI=1S/C24H32N2O2/c1-4-19(10-9-18(2)3)27-15-6-12-25-13-11-22-21(17-25)20-7-5-8-23-24(20)26(22)14-16-28-23/h4-5,7-10,21-22H,1,6,11-17H2,2-3H3/b19-10+/t21-,22?/m0/s1. The zero-order valence-corrected chi connectivity index (χ0v) is 17.2. The molecule has 4 rings (SSSR count). The summed E-state index contributed by atoms with van der Waals surface area (Å²) in [4.78, 5) is 5.22. The minimum atomic E-state index is 0.604. The number of hydrogen-bond acceptors (Lipinski definition) is 4. The third-order valence-electron chi connectivity index (χ3n) is 6.04. The highest BCUT2D eigenvalue weighted by atomic mass is 16.5. The molecule has 1 aromatic rings. The van der Waals surface area contributed by atoms with Crippen LogP contribution in [-0.4, -0.2) is 50.3 Å². The Morgan fingerprint density at radius 1 is 1.29 bits per heavy atom. The monoisotopic (exact) mass is 380 g/mol. The molecule has 1 unspecified atom stereocenters. The summed E-state index contributed by atoms with van der Waals surface area (Å²) < 4.78 is 11.8. The molecule has 4 heteroatoms. The Morgan fingerprint density at radius 2 is 2.18 bits per heavy atom. The SMILES string of the molecule is C=C/C(=C\C=C(C)C)OCCCN1CCC2[C@@H](C1)c1cccc3c1N2CCO3. The van der Waals surface area contributed by atoms with E-state index in [-0.39, 0.29) is 0 Å². The zero-order valence-electron chi connectivity index (χ0n) is 17.2. The predicted molar refractivity (Wildman–Crippen MR) is 115 cm³/mol. The molecular weight excluding hydrogens is 348 g/mol. The molecular formula is C24H32N2O2. The van der Waals surface area contributed by atoms with Gasteiger partial charge in [-0.3, -0.25) is 0 Å². The van der Waals surface area contributed by atoms with Crippen molar-refractivity contribution in [2.75, 3.05) is 44.3 Å². The lowest BCUT2D eigenvalue weighted by Gasteiger charge is -2.40. The van der Waals surface area contributed by atoms with E-state index in [1.807, 2.05) is 6.08 Å². The van der Waals surface area contributed by atoms with Gasteiger partial charge in [-0.2, -0.15) is 0 Å². The van der Waals surface area contributed by atoms with Gasteiger partial charge in [0.15, 0.2) is 0 Å². The zero-order chi connectivity index (χ0) is 19.5. The number of anilines is 1. The fourth-order valence-corrected chi connectivity index (χ4v) is 4.75. The van der Waals surface area contributed by atoms with Crippen molar-refractivity contribution in [1.29, 1.82) is 0 Å². The maximum absolute atomic E-state index is 5.91. The van der Waals surface area contributed by atoms with Crippen LogP contribution in [0.4, 0.5) is 5.69 Å². The number of benzene rings is 1. The first-order valence-corrected chi connectivity index (χ1v) is 10.5. The van der Waals surface area contributed by atoms with E-state index in [9.17, 15) is 0 Å². The van der Waals surface area contributed by atoms with Crippen LogP contribution in [0.3, 0.4) is 0 Å². The number of piperidine rings is 1. The maximum Gasteiger partial charge on any atom is 0.142 e. The van der Waals surface area contributed by atoms with E-state index in [1.165, 1.54) is 29.8 Å². The Hall–Kier alpha value is -2.20. The lowest BCUT2D eigenvalue weighted by Crippen LogP contribution is -2.48. The highest BCUT2D eigenvalue weighted by molar-refractivity contribution is 5.71. The van der Waals surface area contributed by atoms with Crippen molar-refractivity contribution in [3.05, 3.63) is 59.9 Å². The number of allylic oxidation sites excluding steroid dienone is 4. The van der Waals surface area contributed by atoms with Gasteiger partial charge in [0.2, 0.25) is 0 Å². The van der Waals surface area contributed by atoms with Crippen molar-refractivity contribution >= 4 is 5.69 Å². The van der Waals surface area contributed by atoms with Gasteiger partial charge in [0.05, 0.1) is 18.8 Å². The number of likely N-dealkylation sites (tertiary alicyclic amines) is 1. The summed E-state index contributed by atoms with van der Waals surface area (Å²) in [5, 5.41) is 0. The van der Waals surface area contributed by atoms with Crippen LogP contribution in [0.5, 0.6) is 5.75 Å². The van der Waals surface area contributed by atoms with Crippen LogP contribution in [0.15, 0.2) is 54.3 Å². The van der Waals surface area contributed by atoms with Crippen molar-refractivity contribution in [3.8, 4) is 5.75 Å². The second-order valence-electron chi connectivity index (χ2n) is 8.22. The first kappa shape index (κ1) is 19.1. The van der Waals surface area contributed by atoms with Crippen molar-refractivity contribution < 1.29 is 9.47 Å². The minimum absolute atomic E-state index is 0.604. The minimum Gasteiger partial charge on any atom is -0.494 e. The number of hydrogen-bond donors (Lipinski definition) is 0. The number of nitrogens with zero attached hydrogens (tertiary/aromatic N) is 2. The maximum atomic E-state index is 5.91. The van der Waals surface area contributed by atoms with Crippen LogP contribution in [-0.2, 0) is 4.74 Å². The Morgan fingerprint density at radius 3 is 3.00 bits per heavy atom. The Balaban J connectivity index is 1.32. The fraction of sp³-hybridized carbons (Fsp3) is 0.500. The average molecular weight is 381 g/mol. The molecule has 28 heavy (non-hydrogen) atoms. The smallest absolute Gasteiger partial charge is 0.142 e. The van der Waals surface area contributed by atoms with Gasteiger partial charge in [-0.15, -0.1) is 0 Å². The molecule has 1 fully saturated rings. The van der Waals surface area contributed by atoms with Gasteiger partial charge in [-0.25, -0.2) is 0 Å². The molecule has 0 N–H and O–H groups in total. The van der Waals surface area contributed by atoms with Crippen molar-refractivity contribution in [1.82, 2.24) is 4.90 Å². The van der Waals surface area contributed by atoms with Crippen LogP contribution in [0.2, 0.25) is 0 Å². The topological polar surface area (TPSA) is 24.9 Å². The number of fused-ring (bicyclic) bond motifs is 3. The summed E-state index contributed by atoms with van der Waals surface area (Å²) in [5.41, 5.74) is 4.12. The summed E-state index contributed by atoms with van der Waals surface area (Å²) in [6, 6.07) is 7.23. The first-order chi connectivity index (χ1) is 13.7. The molecule has 0 spiro atoms. The Kier molecular flexibility index (Phi) is 5.77. The van der Waals surface area contributed by atoms with Crippen LogP contribution in [0.1, 0.15) is 38.2 Å². The first-order valence-electron chi connectivity index (χ1n) is 10.5. The van der Waals surface area contributed by atoms with Gasteiger partial charge in [0.25, 0.3) is 0 Å². The molecule has 3 aliphatic rings. The highest BCUT2D eigenvalue weighted by Gasteiger charge is 2.44.